The largest absolute Gasteiger partial charge is 0.484 e. The van der Waals surface area contributed by atoms with E-state index in [0.717, 1.165) is 42.8 Å². The van der Waals surface area contributed by atoms with Crippen molar-refractivity contribution in [1.29, 1.82) is 0 Å². The summed E-state index contributed by atoms with van der Waals surface area (Å²) < 4.78 is 6.55. The van der Waals surface area contributed by atoms with E-state index in [1.165, 1.54) is 0 Å². The minimum absolute atomic E-state index is 0.0710. The number of carbonyl (C=O) groups is 1. The maximum absolute atomic E-state index is 12.2. The molecule has 0 aliphatic carbocycles. The zero-order chi connectivity index (χ0) is 15.2. The number of ether oxygens (including phenoxy) is 1. The molecule has 0 aromatic heterocycles. The summed E-state index contributed by atoms with van der Waals surface area (Å²) in [6.07, 6.45) is 1.15. The molecule has 116 valence electrons. The van der Waals surface area contributed by atoms with Gasteiger partial charge in [-0.3, -0.25) is 9.69 Å². The number of rotatable bonds is 5. The third kappa shape index (κ3) is 4.71. The van der Waals surface area contributed by atoms with E-state index in [9.17, 15) is 4.79 Å². The predicted molar refractivity (Wildman–Crippen MR) is 87.5 cm³/mol. The standard InChI is InChI=1S/C16H23BrN2O2/c1-3-13(2)18-8-10-19(11-9-18)16(20)12-21-15-6-4-14(17)5-7-15/h4-7,13H,3,8-12H2,1-2H3/t13-/m0/s1. The Morgan fingerprint density at radius 2 is 1.86 bits per heavy atom. The van der Waals surface area contributed by atoms with Crippen LogP contribution >= 0.6 is 15.9 Å². The first-order chi connectivity index (χ1) is 10.1. The molecule has 0 bridgehead atoms. The number of nitrogens with zero attached hydrogens (tertiary/aromatic N) is 2. The molecule has 1 saturated heterocycles. The third-order valence-electron chi connectivity index (χ3n) is 4.06. The SMILES string of the molecule is CC[C@H](C)N1CCN(C(=O)COc2ccc(Br)cc2)CC1. The molecule has 1 aromatic carbocycles. The van der Waals surface area contributed by atoms with Crippen molar-refractivity contribution in [1.82, 2.24) is 9.80 Å². The van der Waals surface area contributed by atoms with Crippen molar-refractivity contribution in [3.63, 3.8) is 0 Å². The molecule has 1 heterocycles. The molecule has 0 spiro atoms. The second kappa shape index (κ2) is 7.80. The summed E-state index contributed by atoms with van der Waals surface area (Å²) in [5.74, 6) is 0.798. The molecule has 1 aliphatic rings. The number of hydrogen-bond acceptors (Lipinski definition) is 3. The lowest BCUT2D eigenvalue weighted by atomic mass is 10.2. The van der Waals surface area contributed by atoms with E-state index >= 15 is 0 Å². The summed E-state index contributed by atoms with van der Waals surface area (Å²) in [5, 5.41) is 0. The van der Waals surface area contributed by atoms with Gasteiger partial charge < -0.3 is 9.64 Å². The number of amides is 1. The summed E-state index contributed by atoms with van der Waals surface area (Å²) >= 11 is 3.38. The van der Waals surface area contributed by atoms with Crippen LogP contribution in [0.3, 0.4) is 0 Å². The van der Waals surface area contributed by atoms with Gasteiger partial charge >= 0.3 is 0 Å². The van der Waals surface area contributed by atoms with Crippen LogP contribution in [0.5, 0.6) is 5.75 Å². The van der Waals surface area contributed by atoms with Crippen molar-refractivity contribution in [2.45, 2.75) is 26.3 Å². The average Bonchev–Trinajstić information content (AvgIpc) is 2.53. The normalized spacial score (nSPS) is 17.6. The van der Waals surface area contributed by atoms with Gasteiger partial charge in [0.15, 0.2) is 6.61 Å². The zero-order valence-corrected chi connectivity index (χ0v) is 14.3. The van der Waals surface area contributed by atoms with Gasteiger partial charge in [0.05, 0.1) is 0 Å². The Balaban J connectivity index is 1.76. The van der Waals surface area contributed by atoms with Gasteiger partial charge in [-0.1, -0.05) is 22.9 Å². The van der Waals surface area contributed by atoms with Crippen LogP contribution in [0.2, 0.25) is 0 Å². The average molecular weight is 355 g/mol. The monoisotopic (exact) mass is 354 g/mol. The van der Waals surface area contributed by atoms with Gasteiger partial charge in [-0.05, 0) is 37.6 Å². The molecule has 4 nitrogen and oxygen atoms in total. The fourth-order valence-electron chi connectivity index (χ4n) is 2.44. The summed E-state index contributed by atoms with van der Waals surface area (Å²) in [6.45, 7) is 8.07. The van der Waals surface area contributed by atoms with Gasteiger partial charge in [0.1, 0.15) is 5.75 Å². The Morgan fingerprint density at radius 1 is 1.24 bits per heavy atom. The van der Waals surface area contributed by atoms with Gasteiger partial charge in [-0.25, -0.2) is 0 Å². The van der Waals surface area contributed by atoms with E-state index in [1.807, 2.05) is 29.2 Å². The first-order valence-electron chi connectivity index (χ1n) is 7.50. The highest BCUT2D eigenvalue weighted by Crippen LogP contribution is 2.16. The highest BCUT2D eigenvalue weighted by atomic mass is 79.9. The van der Waals surface area contributed by atoms with Gasteiger partial charge in [0.25, 0.3) is 5.91 Å². The van der Waals surface area contributed by atoms with Crippen LogP contribution in [0.25, 0.3) is 0 Å². The van der Waals surface area contributed by atoms with Crippen molar-refractivity contribution in [3.05, 3.63) is 28.7 Å². The van der Waals surface area contributed by atoms with E-state index in [-0.39, 0.29) is 12.5 Å². The second-order valence-electron chi connectivity index (χ2n) is 5.42. The smallest absolute Gasteiger partial charge is 0.260 e. The van der Waals surface area contributed by atoms with Crippen LogP contribution in [-0.4, -0.2) is 54.5 Å². The van der Waals surface area contributed by atoms with E-state index in [4.69, 9.17) is 4.74 Å². The van der Waals surface area contributed by atoms with Crippen LogP contribution in [0, 0.1) is 0 Å². The number of halogens is 1. The predicted octanol–water partition coefficient (Wildman–Crippen LogP) is 2.77. The first kappa shape index (κ1) is 16.3. The van der Waals surface area contributed by atoms with Crippen molar-refractivity contribution in [2.75, 3.05) is 32.8 Å². The van der Waals surface area contributed by atoms with Crippen LogP contribution < -0.4 is 4.74 Å². The number of carbonyl (C=O) groups excluding carboxylic acids is 1. The van der Waals surface area contributed by atoms with Crippen LogP contribution in [0.4, 0.5) is 0 Å². The fourth-order valence-corrected chi connectivity index (χ4v) is 2.70. The molecule has 1 atom stereocenters. The lowest BCUT2D eigenvalue weighted by molar-refractivity contribution is -0.135. The molecule has 1 amide bonds. The maximum atomic E-state index is 12.2. The third-order valence-corrected chi connectivity index (χ3v) is 4.59. The molecule has 0 N–H and O–H groups in total. The van der Waals surface area contributed by atoms with Gasteiger partial charge in [-0.2, -0.15) is 0 Å². The number of benzene rings is 1. The fraction of sp³-hybridized carbons (Fsp3) is 0.562. The highest BCUT2D eigenvalue weighted by Gasteiger charge is 2.23. The van der Waals surface area contributed by atoms with Crippen LogP contribution in [0.15, 0.2) is 28.7 Å². The Hall–Kier alpha value is -1.07. The first-order valence-corrected chi connectivity index (χ1v) is 8.29. The van der Waals surface area contributed by atoms with Crippen molar-refractivity contribution in [3.8, 4) is 5.75 Å². The summed E-state index contributed by atoms with van der Waals surface area (Å²) in [6, 6.07) is 8.13. The quantitative estimate of drug-likeness (QED) is 0.814. The van der Waals surface area contributed by atoms with E-state index in [0.29, 0.717) is 6.04 Å². The van der Waals surface area contributed by atoms with Crippen LogP contribution in [-0.2, 0) is 4.79 Å². The minimum Gasteiger partial charge on any atom is -0.484 e. The number of hydrogen-bond donors (Lipinski definition) is 0. The highest BCUT2D eigenvalue weighted by molar-refractivity contribution is 9.10. The Labute approximate surface area is 135 Å². The number of piperazine rings is 1. The van der Waals surface area contributed by atoms with Crippen molar-refractivity contribution >= 4 is 21.8 Å². The molecule has 1 aliphatic heterocycles. The maximum Gasteiger partial charge on any atom is 0.260 e. The van der Waals surface area contributed by atoms with E-state index < -0.39 is 0 Å². The summed E-state index contributed by atoms with van der Waals surface area (Å²) in [7, 11) is 0. The van der Waals surface area contributed by atoms with E-state index in [2.05, 4.69) is 34.7 Å². The van der Waals surface area contributed by atoms with Crippen molar-refractivity contribution in [2.24, 2.45) is 0 Å². The minimum atomic E-state index is 0.0710. The molecule has 5 heteroatoms. The molecule has 2 rings (SSSR count). The lowest BCUT2D eigenvalue weighted by Gasteiger charge is -2.37. The molecule has 21 heavy (non-hydrogen) atoms. The zero-order valence-electron chi connectivity index (χ0n) is 12.7. The van der Waals surface area contributed by atoms with E-state index in [1.54, 1.807) is 0 Å². The van der Waals surface area contributed by atoms with Crippen LogP contribution in [0.1, 0.15) is 20.3 Å². The van der Waals surface area contributed by atoms with Crippen molar-refractivity contribution < 1.29 is 9.53 Å². The molecule has 1 fully saturated rings. The Morgan fingerprint density at radius 3 is 2.43 bits per heavy atom. The molecule has 0 radical (unpaired) electrons. The lowest BCUT2D eigenvalue weighted by Crippen LogP contribution is -2.52. The molecular formula is C16H23BrN2O2. The topological polar surface area (TPSA) is 32.8 Å². The molecule has 0 unspecified atom stereocenters. The second-order valence-corrected chi connectivity index (χ2v) is 6.33. The summed E-state index contributed by atoms with van der Waals surface area (Å²) in [4.78, 5) is 16.5. The Bertz CT molecular complexity index is 456. The molecule has 0 saturated carbocycles. The summed E-state index contributed by atoms with van der Waals surface area (Å²) in [5.41, 5.74) is 0. The molecular weight excluding hydrogens is 332 g/mol. The van der Waals surface area contributed by atoms with Gasteiger partial charge in [0.2, 0.25) is 0 Å². The van der Waals surface area contributed by atoms with Gasteiger partial charge in [-0.15, -0.1) is 0 Å². The van der Waals surface area contributed by atoms with Gasteiger partial charge in [0, 0.05) is 36.7 Å². The molecule has 1 aromatic rings. The Kier molecular flexibility index (Phi) is 6.06.